The normalized spacial score (nSPS) is 14.8. The molecule has 0 aromatic heterocycles. The number of para-hydroxylation sites is 1. The second kappa shape index (κ2) is 8.68. The first kappa shape index (κ1) is 23.4. The van der Waals surface area contributed by atoms with Crippen LogP contribution in [0.1, 0.15) is 49.4 Å². The smallest absolute Gasteiger partial charge is 0.417 e. The Morgan fingerprint density at radius 3 is 2.31 bits per heavy atom. The summed E-state index contributed by atoms with van der Waals surface area (Å²) in [5, 5.41) is 8.19. The number of allylic oxidation sites excluding steroid dienone is 4. The second-order valence-corrected chi connectivity index (χ2v) is 7.45. The Labute approximate surface area is 182 Å². The lowest BCUT2D eigenvalue weighted by atomic mass is 9.93. The van der Waals surface area contributed by atoms with Crippen LogP contribution in [0.15, 0.2) is 65.2 Å². The summed E-state index contributed by atoms with van der Waals surface area (Å²) in [5.74, 6) is -0.652. The molecule has 0 unspecified atom stereocenters. The summed E-state index contributed by atoms with van der Waals surface area (Å²) in [6, 6.07) is 9.54. The van der Waals surface area contributed by atoms with Gasteiger partial charge in [-0.3, -0.25) is 5.41 Å². The zero-order valence-electron chi connectivity index (χ0n) is 17.6. The Balaban J connectivity index is 1.99. The minimum Gasteiger partial charge on any atom is -0.432 e. The third-order valence-electron chi connectivity index (χ3n) is 4.91. The molecule has 0 spiro atoms. The zero-order valence-corrected chi connectivity index (χ0v) is 17.6. The van der Waals surface area contributed by atoms with E-state index in [1.54, 1.807) is 13.0 Å². The van der Waals surface area contributed by atoms with Gasteiger partial charge in [0.25, 0.3) is 0 Å². The summed E-state index contributed by atoms with van der Waals surface area (Å²) in [6.07, 6.45) is -3.87. The summed E-state index contributed by atoms with van der Waals surface area (Å²) in [4.78, 5) is 4.06. The predicted molar refractivity (Wildman–Crippen MR) is 115 cm³/mol. The van der Waals surface area contributed by atoms with E-state index in [9.17, 15) is 22.0 Å². The quantitative estimate of drug-likeness (QED) is 0.292. The molecule has 1 aliphatic carbocycles. The number of hydrogen-bond donors (Lipinski definition) is 1. The highest BCUT2D eigenvalue weighted by Crippen LogP contribution is 2.39. The second-order valence-electron chi connectivity index (χ2n) is 7.45. The molecule has 32 heavy (non-hydrogen) atoms. The topological polar surface area (TPSA) is 45.4 Å². The summed E-state index contributed by atoms with van der Waals surface area (Å²) < 4.78 is 72.5. The predicted octanol–water partition coefficient (Wildman–Crippen LogP) is 7.26. The van der Waals surface area contributed by atoms with Crippen LogP contribution in [0, 0.1) is 5.41 Å². The van der Waals surface area contributed by atoms with Gasteiger partial charge in [0, 0.05) is 12.6 Å². The van der Waals surface area contributed by atoms with Crippen LogP contribution in [0.4, 0.5) is 22.0 Å². The highest BCUT2D eigenvalue weighted by atomic mass is 19.4. The number of aliphatic imine (C=N–C) groups is 1. The maximum Gasteiger partial charge on any atom is 0.417 e. The minimum absolute atomic E-state index is 0.00193. The molecule has 1 aliphatic rings. The fraction of sp³-hybridized carbons (Fsp3) is 0.250. The number of ether oxygens (including phenoxy) is 1. The lowest BCUT2D eigenvalue weighted by molar-refractivity contribution is -0.159. The van der Waals surface area contributed by atoms with Crippen LogP contribution in [-0.2, 0) is 6.18 Å². The van der Waals surface area contributed by atoms with Crippen molar-refractivity contribution in [2.24, 2.45) is 4.99 Å². The number of nitrogens with one attached hydrogen (secondary N) is 1. The van der Waals surface area contributed by atoms with Gasteiger partial charge in [-0.2, -0.15) is 22.0 Å². The zero-order chi connectivity index (χ0) is 23.7. The number of rotatable bonds is 5. The molecule has 0 radical (unpaired) electrons. The van der Waals surface area contributed by atoms with Crippen molar-refractivity contribution in [1.82, 2.24) is 0 Å². The van der Waals surface area contributed by atoms with E-state index in [0.29, 0.717) is 18.9 Å². The number of hydrogen-bond acceptors (Lipinski definition) is 2. The maximum atomic E-state index is 13.8. The Kier molecular flexibility index (Phi) is 6.34. The van der Waals surface area contributed by atoms with Crippen LogP contribution in [0.25, 0.3) is 5.57 Å². The first-order valence-electron chi connectivity index (χ1n) is 9.76. The minimum atomic E-state index is -4.59. The molecule has 0 amide bonds. The number of nitrogens with zero attached hydrogens (tertiary/aromatic N) is 1. The molecule has 3 nitrogen and oxygen atoms in total. The van der Waals surface area contributed by atoms with Gasteiger partial charge in [0.15, 0.2) is 5.84 Å². The summed E-state index contributed by atoms with van der Waals surface area (Å²) in [5.41, 5.74) is 0.907. The van der Waals surface area contributed by atoms with Crippen molar-refractivity contribution in [1.29, 1.82) is 5.41 Å². The lowest BCUT2D eigenvalue weighted by Crippen LogP contribution is -2.20. The van der Waals surface area contributed by atoms with Gasteiger partial charge in [0.1, 0.15) is 5.75 Å². The molecule has 0 atom stereocenters. The largest absolute Gasteiger partial charge is 0.432 e. The summed E-state index contributed by atoms with van der Waals surface area (Å²) in [6.45, 7) is 3.79. The number of benzene rings is 2. The van der Waals surface area contributed by atoms with Crippen molar-refractivity contribution in [3.63, 3.8) is 0 Å². The average molecular weight is 448 g/mol. The molecule has 2 aromatic rings. The van der Waals surface area contributed by atoms with Crippen LogP contribution in [-0.4, -0.2) is 17.7 Å². The summed E-state index contributed by atoms with van der Waals surface area (Å²) in [7, 11) is 0. The van der Waals surface area contributed by atoms with E-state index in [0.717, 1.165) is 11.6 Å². The molecule has 8 heteroatoms. The first-order valence-corrected chi connectivity index (χ1v) is 9.76. The van der Waals surface area contributed by atoms with Crippen molar-refractivity contribution in [2.75, 3.05) is 0 Å². The molecule has 0 saturated heterocycles. The third-order valence-corrected chi connectivity index (χ3v) is 4.91. The van der Waals surface area contributed by atoms with Gasteiger partial charge in [-0.15, -0.1) is 0 Å². The highest BCUT2D eigenvalue weighted by Gasteiger charge is 2.35. The van der Waals surface area contributed by atoms with Crippen molar-refractivity contribution >= 4 is 17.1 Å². The van der Waals surface area contributed by atoms with Gasteiger partial charge >= 0.3 is 12.3 Å². The highest BCUT2D eigenvalue weighted by molar-refractivity contribution is 6.11. The van der Waals surface area contributed by atoms with E-state index in [-0.39, 0.29) is 28.2 Å². The molecule has 0 aliphatic heterocycles. The van der Waals surface area contributed by atoms with Gasteiger partial charge < -0.3 is 4.74 Å². The van der Waals surface area contributed by atoms with E-state index in [2.05, 4.69) is 9.73 Å². The third kappa shape index (κ3) is 5.30. The Morgan fingerprint density at radius 1 is 1.03 bits per heavy atom. The fourth-order valence-corrected chi connectivity index (χ4v) is 3.42. The lowest BCUT2D eigenvalue weighted by Gasteiger charge is -2.17. The van der Waals surface area contributed by atoms with E-state index in [1.807, 2.05) is 6.08 Å². The molecule has 3 rings (SSSR count). The molecule has 1 N–H and O–H groups in total. The molecule has 0 heterocycles. The van der Waals surface area contributed by atoms with Crippen LogP contribution in [0.5, 0.6) is 5.75 Å². The molecular formula is C24H21F5N2O. The Morgan fingerprint density at radius 2 is 1.72 bits per heavy atom. The van der Waals surface area contributed by atoms with Gasteiger partial charge in [0.05, 0.1) is 11.1 Å². The van der Waals surface area contributed by atoms with Gasteiger partial charge in [0.2, 0.25) is 0 Å². The van der Waals surface area contributed by atoms with Crippen molar-refractivity contribution in [3.05, 3.63) is 82.4 Å². The molecule has 0 fully saturated rings. The number of alkyl halides is 5. The molecule has 2 aromatic carbocycles. The average Bonchev–Trinajstić information content (AvgIpc) is 3.11. The van der Waals surface area contributed by atoms with Crippen LogP contribution >= 0.6 is 0 Å². The maximum absolute atomic E-state index is 13.8. The Hall–Kier alpha value is -3.29. The number of amidine groups is 1. The monoisotopic (exact) mass is 448 g/mol. The Bertz CT molecular complexity index is 1140. The van der Waals surface area contributed by atoms with Crippen molar-refractivity contribution < 1.29 is 26.7 Å². The molecule has 0 bridgehead atoms. The van der Waals surface area contributed by atoms with E-state index >= 15 is 0 Å². The van der Waals surface area contributed by atoms with Gasteiger partial charge in [-0.05, 0) is 60.7 Å². The fourth-order valence-electron chi connectivity index (χ4n) is 3.42. The SMILES string of the molecule is CC1=CCC=C1c1ccc(C(C)=NC(=N)c2ccccc2OC(C)(F)F)cc1C(F)(F)F. The van der Waals surface area contributed by atoms with Gasteiger partial charge in [-0.1, -0.05) is 36.4 Å². The molecule has 168 valence electrons. The molecular weight excluding hydrogens is 427 g/mol. The van der Waals surface area contributed by atoms with Gasteiger partial charge in [-0.25, -0.2) is 4.99 Å². The van der Waals surface area contributed by atoms with Crippen molar-refractivity contribution in [2.45, 2.75) is 39.5 Å². The standard InChI is InChI=1S/C24H21F5N2O/c1-14-7-6-9-17(14)18-12-11-16(13-20(18)24(27,28)29)15(2)31-22(30)19-8-4-5-10-21(19)32-23(3,25)26/h4-5,7-13,30H,6H2,1-3H3. The van der Waals surface area contributed by atoms with E-state index in [1.165, 1.54) is 43.3 Å². The van der Waals surface area contributed by atoms with Crippen molar-refractivity contribution in [3.8, 4) is 5.75 Å². The first-order chi connectivity index (χ1) is 14.9. The van der Waals surface area contributed by atoms with E-state index in [4.69, 9.17) is 5.41 Å². The van der Waals surface area contributed by atoms with Crippen LogP contribution < -0.4 is 4.74 Å². The van der Waals surface area contributed by atoms with Crippen LogP contribution in [0.3, 0.4) is 0 Å². The number of halogens is 5. The van der Waals surface area contributed by atoms with Crippen LogP contribution in [0.2, 0.25) is 0 Å². The molecule has 0 saturated carbocycles. The summed E-state index contributed by atoms with van der Waals surface area (Å²) >= 11 is 0. The van der Waals surface area contributed by atoms with E-state index < -0.39 is 23.7 Å².